The lowest BCUT2D eigenvalue weighted by molar-refractivity contribution is -0.227. The highest BCUT2D eigenvalue weighted by molar-refractivity contribution is 5.69. The smallest absolute Gasteiger partial charge is 0.428 e. The van der Waals surface area contributed by atoms with Crippen molar-refractivity contribution < 1.29 is 27.4 Å². The number of aryl methyl sites for hydroxylation is 1. The van der Waals surface area contributed by atoms with E-state index in [2.05, 4.69) is 45.9 Å². The van der Waals surface area contributed by atoms with Crippen LogP contribution in [0.1, 0.15) is 57.9 Å². The first-order valence-electron chi connectivity index (χ1n) is 12.7. The van der Waals surface area contributed by atoms with Gasteiger partial charge in [0.05, 0.1) is 12.4 Å². The molecule has 0 saturated carbocycles. The van der Waals surface area contributed by atoms with E-state index < -0.39 is 24.9 Å². The molecule has 0 radical (unpaired) electrons. The highest BCUT2D eigenvalue weighted by Gasteiger charge is 2.43. The molecule has 0 saturated heterocycles. The summed E-state index contributed by atoms with van der Waals surface area (Å²) in [5.74, 6) is -0.424. The Kier molecular flexibility index (Phi) is 10.5. The van der Waals surface area contributed by atoms with Crippen LogP contribution in [0.25, 0.3) is 22.5 Å². The second-order valence-electron chi connectivity index (χ2n) is 8.91. The summed E-state index contributed by atoms with van der Waals surface area (Å²) >= 11 is 0. The zero-order valence-corrected chi connectivity index (χ0v) is 21.3. The molecule has 3 rings (SSSR count). The third kappa shape index (κ3) is 8.88. The predicted octanol–water partition coefficient (Wildman–Crippen LogP) is 7.59. The fourth-order valence-corrected chi connectivity index (χ4v) is 3.70. The molecule has 0 bridgehead atoms. The Morgan fingerprint density at radius 1 is 0.838 bits per heavy atom. The Balaban J connectivity index is 1.58. The molecule has 37 heavy (non-hydrogen) atoms. The molecule has 1 unspecified atom stereocenters. The summed E-state index contributed by atoms with van der Waals surface area (Å²) in [7, 11) is 0. The molecule has 8 heteroatoms. The van der Waals surface area contributed by atoms with Gasteiger partial charge in [0.25, 0.3) is 0 Å². The molecule has 0 aliphatic rings. The zero-order chi connectivity index (χ0) is 26.7. The average Bonchev–Trinajstić information content (AvgIpc) is 2.90. The standard InChI is InChI=1S/C29H33F3N2O3/c1-3-5-7-8-21-10-12-22(13-11-21)23-14-16-24(17-15-23)28-33-18-25(19-34-28)36-20-26(29(30,31)32)37-27(35)9-6-4-2/h10-19,26H,3-9,20H2,1-2H3. The molecule has 0 amide bonds. The molecule has 0 spiro atoms. The van der Waals surface area contributed by atoms with E-state index in [-0.39, 0.29) is 12.2 Å². The Morgan fingerprint density at radius 2 is 1.41 bits per heavy atom. The summed E-state index contributed by atoms with van der Waals surface area (Å²) in [5.41, 5.74) is 4.28. The molecule has 1 atom stereocenters. The lowest BCUT2D eigenvalue weighted by atomic mass is 10.0. The van der Waals surface area contributed by atoms with E-state index in [1.54, 1.807) is 0 Å². The van der Waals surface area contributed by atoms with Gasteiger partial charge in [-0.3, -0.25) is 4.79 Å². The van der Waals surface area contributed by atoms with Crippen molar-refractivity contribution in [3.8, 4) is 28.3 Å². The third-order valence-corrected chi connectivity index (χ3v) is 5.90. The molecule has 2 aromatic carbocycles. The number of rotatable bonds is 13. The van der Waals surface area contributed by atoms with Crippen molar-refractivity contribution in [2.45, 2.75) is 71.1 Å². The van der Waals surface area contributed by atoms with Gasteiger partial charge in [-0.2, -0.15) is 13.2 Å². The minimum Gasteiger partial charge on any atom is -0.486 e. The SMILES string of the molecule is CCCCCc1ccc(-c2ccc(-c3ncc(OCC(OC(=O)CCCC)C(F)(F)F)cn3)cc2)cc1. The van der Waals surface area contributed by atoms with Crippen LogP contribution in [0.15, 0.2) is 60.9 Å². The Morgan fingerprint density at radius 3 is 1.97 bits per heavy atom. The number of carbonyl (C=O) groups is 1. The second-order valence-corrected chi connectivity index (χ2v) is 8.91. The van der Waals surface area contributed by atoms with Gasteiger partial charge in [0.2, 0.25) is 6.10 Å². The van der Waals surface area contributed by atoms with Crippen LogP contribution in [-0.4, -0.2) is 34.8 Å². The lowest BCUT2D eigenvalue weighted by Gasteiger charge is -2.20. The number of aromatic nitrogens is 2. The molecule has 198 valence electrons. The first kappa shape index (κ1) is 28.2. The predicted molar refractivity (Wildman–Crippen MR) is 137 cm³/mol. The number of nitrogens with zero attached hydrogens (tertiary/aromatic N) is 2. The molecule has 0 aliphatic carbocycles. The summed E-state index contributed by atoms with van der Waals surface area (Å²) < 4.78 is 49.5. The van der Waals surface area contributed by atoms with E-state index in [1.807, 2.05) is 31.2 Å². The van der Waals surface area contributed by atoms with Crippen molar-refractivity contribution in [2.75, 3.05) is 6.61 Å². The van der Waals surface area contributed by atoms with Crippen LogP contribution in [0.4, 0.5) is 13.2 Å². The Bertz CT molecular complexity index is 1100. The maximum atomic E-state index is 13.2. The lowest BCUT2D eigenvalue weighted by Crippen LogP contribution is -2.38. The van der Waals surface area contributed by atoms with Crippen molar-refractivity contribution in [2.24, 2.45) is 0 Å². The van der Waals surface area contributed by atoms with Gasteiger partial charge in [0, 0.05) is 12.0 Å². The highest BCUT2D eigenvalue weighted by Crippen LogP contribution is 2.26. The van der Waals surface area contributed by atoms with Crippen LogP contribution < -0.4 is 4.74 Å². The van der Waals surface area contributed by atoms with Gasteiger partial charge in [-0.15, -0.1) is 0 Å². The Hall–Kier alpha value is -3.42. The summed E-state index contributed by atoms with van der Waals surface area (Å²) in [5, 5.41) is 0. The van der Waals surface area contributed by atoms with Gasteiger partial charge in [0.1, 0.15) is 6.61 Å². The number of alkyl halides is 3. The number of ether oxygens (including phenoxy) is 2. The van der Waals surface area contributed by atoms with E-state index in [4.69, 9.17) is 4.74 Å². The van der Waals surface area contributed by atoms with Crippen LogP contribution in [-0.2, 0) is 16.0 Å². The van der Waals surface area contributed by atoms with E-state index in [0.717, 1.165) is 23.1 Å². The largest absolute Gasteiger partial charge is 0.486 e. The van der Waals surface area contributed by atoms with Gasteiger partial charge in [0.15, 0.2) is 11.6 Å². The van der Waals surface area contributed by atoms with Gasteiger partial charge in [-0.05, 0) is 36.0 Å². The van der Waals surface area contributed by atoms with Crippen LogP contribution in [0, 0.1) is 0 Å². The second kappa shape index (κ2) is 13.8. The van der Waals surface area contributed by atoms with Crippen LogP contribution >= 0.6 is 0 Å². The van der Waals surface area contributed by atoms with E-state index in [0.29, 0.717) is 18.7 Å². The third-order valence-electron chi connectivity index (χ3n) is 5.90. The molecule has 1 aromatic heterocycles. The molecule has 1 heterocycles. The van der Waals surface area contributed by atoms with Gasteiger partial charge in [-0.25, -0.2) is 9.97 Å². The number of carbonyl (C=O) groups excluding carboxylic acids is 1. The van der Waals surface area contributed by atoms with Gasteiger partial charge in [-0.1, -0.05) is 81.6 Å². The van der Waals surface area contributed by atoms with E-state index in [9.17, 15) is 18.0 Å². The number of esters is 1. The summed E-state index contributed by atoms with van der Waals surface area (Å²) in [6.45, 7) is 3.17. The van der Waals surface area contributed by atoms with Crippen LogP contribution in [0.3, 0.4) is 0 Å². The number of unbranched alkanes of at least 4 members (excludes halogenated alkanes) is 3. The minimum atomic E-state index is -4.74. The van der Waals surface area contributed by atoms with Crippen molar-refractivity contribution in [1.29, 1.82) is 0 Å². The van der Waals surface area contributed by atoms with Crippen molar-refractivity contribution in [3.63, 3.8) is 0 Å². The molecule has 0 fully saturated rings. The van der Waals surface area contributed by atoms with Crippen molar-refractivity contribution >= 4 is 5.97 Å². The summed E-state index contributed by atoms with van der Waals surface area (Å²) in [6.07, 6.45) is 1.33. The fraction of sp³-hybridized carbons (Fsp3) is 0.414. The molecule has 5 nitrogen and oxygen atoms in total. The highest BCUT2D eigenvalue weighted by atomic mass is 19.4. The zero-order valence-electron chi connectivity index (χ0n) is 21.3. The van der Waals surface area contributed by atoms with E-state index in [1.165, 1.54) is 37.2 Å². The fourth-order valence-electron chi connectivity index (χ4n) is 3.70. The molecule has 3 aromatic rings. The van der Waals surface area contributed by atoms with E-state index >= 15 is 0 Å². The number of hydrogen-bond donors (Lipinski definition) is 0. The summed E-state index contributed by atoms with van der Waals surface area (Å²) in [6, 6.07) is 16.3. The number of benzene rings is 2. The first-order valence-corrected chi connectivity index (χ1v) is 12.7. The van der Waals surface area contributed by atoms with Gasteiger partial charge < -0.3 is 9.47 Å². The maximum absolute atomic E-state index is 13.2. The summed E-state index contributed by atoms with van der Waals surface area (Å²) in [4.78, 5) is 20.1. The maximum Gasteiger partial charge on any atom is 0.428 e. The van der Waals surface area contributed by atoms with Gasteiger partial charge >= 0.3 is 12.1 Å². The normalized spacial score (nSPS) is 12.2. The monoisotopic (exact) mass is 514 g/mol. The quantitative estimate of drug-likeness (QED) is 0.174. The molecule has 0 N–H and O–H groups in total. The number of hydrogen-bond acceptors (Lipinski definition) is 5. The van der Waals surface area contributed by atoms with Crippen LogP contribution in [0.5, 0.6) is 5.75 Å². The Labute approximate surface area is 216 Å². The average molecular weight is 515 g/mol. The first-order chi connectivity index (χ1) is 17.8. The number of halogens is 3. The molecular weight excluding hydrogens is 481 g/mol. The van der Waals surface area contributed by atoms with Crippen molar-refractivity contribution in [1.82, 2.24) is 9.97 Å². The minimum absolute atomic E-state index is 0.0539. The van der Waals surface area contributed by atoms with Crippen LogP contribution in [0.2, 0.25) is 0 Å². The topological polar surface area (TPSA) is 61.3 Å². The molecular formula is C29H33F3N2O3. The molecule has 0 aliphatic heterocycles. The van der Waals surface area contributed by atoms with Crippen molar-refractivity contribution in [3.05, 3.63) is 66.5 Å².